The van der Waals surface area contributed by atoms with Crippen LogP contribution in [0.25, 0.3) is 6.08 Å². The Bertz CT molecular complexity index is 544. The van der Waals surface area contributed by atoms with Crippen LogP contribution in [0, 0.1) is 0 Å². The highest BCUT2D eigenvalue weighted by Gasteiger charge is 2.32. The minimum atomic E-state index is -0.742. The van der Waals surface area contributed by atoms with Crippen molar-refractivity contribution in [2.24, 2.45) is 0 Å². The second-order valence-electron chi connectivity index (χ2n) is 4.42. The zero-order valence-electron chi connectivity index (χ0n) is 11.2. The Labute approximate surface area is 116 Å². The fourth-order valence-corrected chi connectivity index (χ4v) is 1.81. The maximum Gasteiger partial charge on any atom is 0.356 e. The molecule has 0 saturated carbocycles. The van der Waals surface area contributed by atoms with E-state index < -0.39 is 17.8 Å². The van der Waals surface area contributed by atoms with Gasteiger partial charge in [0.15, 0.2) is 0 Å². The Morgan fingerprint density at radius 2 is 1.80 bits per heavy atom. The molecule has 0 atom stereocenters. The standard InChI is InChI=1S/C15H15NO4/c1-2-11-3-5-12(6-4-11)7-10-15(19)20-16-13(17)8-9-14(16)18/h3-7,10H,2,8-9H2,1H3/b10-7+. The molecule has 104 valence electrons. The van der Waals surface area contributed by atoms with Gasteiger partial charge in [-0.3, -0.25) is 9.59 Å². The van der Waals surface area contributed by atoms with E-state index in [1.807, 2.05) is 24.3 Å². The van der Waals surface area contributed by atoms with E-state index in [2.05, 4.69) is 6.92 Å². The number of amides is 2. The van der Waals surface area contributed by atoms with Crippen molar-refractivity contribution in [3.63, 3.8) is 0 Å². The zero-order valence-corrected chi connectivity index (χ0v) is 11.2. The van der Waals surface area contributed by atoms with Gasteiger partial charge in [-0.2, -0.15) is 0 Å². The van der Waals surface area contributed by atoms with Crippen molar-refractivity contribution in [1.82, 2.24) is 5.06 Å². The number of hydroxylamine groups is 2. The molecule has 1 aliphatic heterocycles. The number of carbonyl (C=O) groups is 3. The molecule has 5 nitrogen and oxygen atoms in total. The summed E-state index contributed by atoms with van der Waals surface area (Å²) in [4.78, 5) is 38.8. The summed E-state index contributed by atoms with van der Waals surface area (Å²) in [6, 6.07) is 7.71. The zero-order chi connectivity index (χ0) is 14.5. The largest absolute Gasteiger partial charge is 0.356 e. The summed E-state index contributed by atoms with van der Waals surface area (Å²) in [5.74, 6) is -1.71. The molecule has 0 radical (unpaired) electrons. The lowest BCUT2D eigenvalue weighted by molar-refractivity contribution is -0.193. The number of hydrogen-bond acceptors (Lipinski definition) is 4. The van der Waals surface area contributed by atoms with Gasteiger partial charge in [-0.25, -0.2) is 4.79 Å². The Morgan fingerprint density at radius 1 is 1.20 bits per heavy atom. The number of rotatable bonds is 4. The molecule has 0 spiro atoms. The van der Waals surface area contributed by atoms with Gasteiger partial charge in [-0.1, -0.05) is 31.2 Å². The summed E-state index contributed by atoms with van der Waals surface area (Å²) < 4.78 is 0. The number of imide groups is 1. The monoisotopic (exact) mass is 273 g/mol. The Morgan fingerprint density at radius 3 is 2.35 bits per heavy atom. The maximum atomic E-state index is 11.5. The Kier molecular flexibility index (Phi) is 4.30. The third-order valence-electron chi connectivity index (χ3n) is 2.99. The van der Waals surface area contributed by atoms with Gasteiger partial charge in [0.05, 0.1) is 0 Å². The van der Waals surface area contributed by atoms with Crippen molar-refractivity contribution in [1.29, 1.82) is 0 Å². The van der Waals surface area contributed by atoms with Crippen molar-refractivity contribution < 1.29 is 19.2 Å². The highest BCUT2D eigenvalue weighted by molar-refractivity contribution is 6.02. The highest BCUT2D eigenvalue weighted by atomic mass is 16.7. The first-order chi connectivity index (χ1) is 9.60. The van der Waals surface area contributed by atoms with Crippen LogP contribution < -0.4 is 0 Å². The molecule has 5 heteroatoms. The maximum absolute atomic E-state index is 11.5. The summed E-state index contributed by atoms with van der Waals surface area (Å²) in [6.45, 7) is 2.06. The normalized spacial score (nSPS) is 15.2. The summed E-state index contributed by atoms with van der Waals surface area (Å²) in [5, 5.41) is 0.535. The van der Waals surface area contributed by atoms with Gasteiger partial charge in [0.1, 0.15) is 0 Å². The predicted molar refractivity (Wildman–Crippen MR) is 72.0 cm³/mol. The van der Waals surface area contributed by atoms with Crippen molar-refractivity contribution in [2.75, 3.05) is 0 Å². The fourth-order valence-electron chi connectivity index (χ4n) is 1.81. The molecule has 20 heavy (non-hydrogen) atoms. The van der Waals surface area contributed by atoms with Crippen molar-refractivity contribution in [2.45, 2.75) is 26.2 Å². The number of nitrogens with zero attached hydrogens (tertiary/aromatic N) is 1. The van der Waals surface area contributed by atoms with Crippen LogP contribution in [-0.2, 0) is 25.6 Å². The number of carbonyl (C=O) groups excluding carboxylic acids is 3. The van der Waals surface area contributed by atoms with Crippen LogP contribution in [0.1, 0.15) is 30.9 Å². The molecular weight excluding hydrogens is 258 g/mol. The van der Waals surface area contributed by atoms with Crippen LogP contribution in [0.4, 0.5) is 0 Å². The molecule has 1 heterocycles. The van der Waals surface area contributed by atoms with Crippen LogP contribution in [0.2, 0.25) is 0 Å². The van der Waals surface area contributed by atoms with E-state index in [-0.39, 0.29) is 12.8 Å². The molecule has 1 aliphatic rings. The summed E-state index contributed by atoms with van der Waals surface area (Å²) in [6.07, 6.45) is 3.90. The molecule has 0 N–H and O–H groups in total. The van der Waals surface area contributed by atoms with Gasteiger partial charge in [-0.15, -0.1) is 5.06 Å². The summed E-state index contributed by atoms with van der Waals surface area (Å²) in [7, 11) is 0. The van der Waals surface area contributed by atoms with Gasteiger partial charge >= 0.3 is 5.97 Å². The van der Waals surface area contributed by atoms with E-state index in [0.29, 0.717) is 5.06 Å². The SMILES string of the molecule is CCc1ccc(/C=C/C(=O)ON2C(=O)CCC2=O)cc1. The van der Waals surface area contributed by atoms with Gasteiger partial charge in [-0.05, 0) is 23.6 Å². The average molecular weight is 273 g/mol. The molecule has 0 unspecified atom stereocenters. The lowest BCUT2D eigenvalue weighted by atomic mass is 10.1. The van der Waals surface area contributed by atoms with Crippen LogP contribution in [-0.4, -0.2) is 22.8 Å². The number of aryl methyl sites for hydroxylation is 1. The number of benzene rings is 1. The van der Waals surface area contributed by atoms with Crippen LogP contribution in [0.15, 0.2) is 30.3 Å². The van der Waals surface area contributed by atoms with E-state index >= 15 is 0 Å². The third-order valence-corrected chi connectivity index (χ3v) is 2.99. The topological polar surface area (TPSA) is 63.7 Å². The minimum Gasteiger partial charge on any atom is -0.326 e. The van der Waals surface area contributed by atoms with Gasteiger partial charge < -0.3 is 4.84 Å². The fraction of sp³-hybridized carbons (Fsp3) is 0.267. The minimum absolute atomic E-state index is 0.0916. The van der Waals surface area contributed by atoms with Crippen LogP contribution in [0.5, 0.6) is 0 Å². The smallest absolute Gasteiger partial charge is 0.326 e. The van der Waals surface area contributed by atoms with Crippen molar-refractivity contribution in [3.05, 3.63) is 41.5 Å². The highest BCUT2D eigenvalue weighted by Crippen LogP contribution is 2.12. The average Bonchev–Trinajstić information content (AvgIpc) is 2.77. The van der Waals surface area contributed by atoms with Crippen molar-refractivity contribution in [3.8, 4) is 0 Å². The lowest BCUT2D eigenvalue weighted by Gasteiger charge is -2.10. The number of hydrogen-bond donors (Lipinski definition) is 0. The predicted octanol–water partition coefficient (Wildman–Crippen LogP) is 1.87. The van der Waals surface area contributed by atoms with E-state index in [4.69, 9.17) is 4.84 Å². The van der Waals surface area contributed by atoms with Crippen LogP contribution >= 0.6 is 0 Å². The first kappa shape index (κ1) is 14.0. The van der Waals surface area contributed by atoms with E-state index in [0.717, 1.165) is 12.0 Å². The Balaban J connectivity index is 1.94. The molecule has 1 saturated heterocycles. The summed E-state index contributed by atoms with van der Waals surface area (Å²) >= 11 is 0. The van der Waals surface area contributed by atoms with E-state index in [1.54, 1.807) is 6.08 Å². The molecule has 1 aromatic rings. The molecule has 2 rings (SSSR count). The van der Waals surface area contributed by atoms with E-state index in [1.165, 1.54) is 11.6 Å². The molecule has 2 amide bonds. The Hall–Kier alpha value is -2.43. The lowest BCUT2D eigenvalue weighted by Crippen LogP contribution is -2.31. The summed E-state index contributed by atoms with van der Waals surface area (Å²) in [5.41, 5.74) is 2.05. The molecule has 1 aromatic carbocycles. The first-order valence-corrected chi connectivity index (χ1v) is 6.45. The van der Waals surface area contributed by atoms with Gasteiger partial charge in [0.2, 0.25) is 0 Å². The van der Waals surface area contributed by atoms with E-state index in [9.17, 15) is 14.4 Å². The second kappa shape index (κ2) is 6.14. The molecular formula is C15H15NO4. The molecule has 0 aromatic heterocycles. The van der Waals surface area contributed by atoms with Crippen LogP contribution in [0.3, 0.4) is 0 Å². The quantitative estimate of drug-likeness (QED) is 0.620. The van der Waals surface area contributed by atoms with Crippen molar-refractivity contribution >= 4 is 23.9 Å². The van der Waals surface area contributed by atoms with Gasteiger partial charge in [0.25, 0.3) is 11.8 Å². The molecule has 0 bridgehead atoms. The second-order valence-corrected chi connectivity index (χ2v) is 4.42. The van der Waals surface area contributed by atoms with Gasteiger partial charge in [0, 0.05) is 18.9 Å². The molecule has 1 fully saturated rings. The third kappa shape index (κ3) is 3.32. The molecule has 0 aliphatic carbocycles. The first-order valence-electron chi connectivity index (χ1n) is 6.45.